The third-order valence-electron chi connectivity index (χ3n) is 3.68. The van der Waals surface area contributed by atoms with Crippen LogP contribution in [0.1, 0.15) is 17.5 Å². The highest BCUT2D eigenvalue weighted by Gasteiger charge is 2.31. The fourth-order valence-electron chi connectivity index (χ4n) is 2.77. The van der Waals surface area contributed by atoms with Gasteiger partial charge in [0.2, 0.25) is 0 Å². The summed E-state index contributed by atoms with van der Waals surface area (Å²) in [6.07, 6.45) is 1.65. The topological polar surface area (TPSA) is 38.3 Å². The van der Waals surface area contributed by atoms with E-state index < -0.39 is 0 Å². The highest BCUT2D eigenvalue weighted by molar-refractivity contribution is 6.30. The number of hydrogen-bond acceptors (Lipinski definition) is 3. The summed E-state index contributed by atoms with van der Waals surface area (Å²) in [5.74, 6) is -0.197. The maximum atomic E-state index is 11.6. The van der Waals surface area contributed by atoms with Crippen LogP contribution in [0.15, 0.2) is 23.8 Å². The molecule has 1 aliphatic heterocycles. The molecule has 94 valence electrons. The fourth-order valence-corrected chi connectivity index (χ4v) is 2.94. The first-order chi connectivity index (χ1) is 8.69. The standard InChI is InChI=1S/C14H14ClNO2/c1-18-14(17)13-6-12-9(7-16-13)4-8-2-3-10(15)5-11(8)12/h2-3,5,13,16H,4,6-7H2,1H3. The smallest absolute Gasteiger partial charge is 0.323 e. The molecule has 1 aromatic rings. The number of benzene rings is 1. The molecule has 0 fully saturated rings. The Bertz CT molecular complexity index is 551. The second kappa shape index (κ2) is 4.41. The molecule has 2 aliphatic rings. The van der Waals surface area contributed by atoms with Crippen LogP contribution in [-0.4, -0.2) is 25.7 Å². The van der Waals surface area contributed by atoms with E-state index in [-0.39, 0.29) is 12.0 Å². The van der Waals surface area contributed by atoms with Gasteiger partial charge in [-0.05, 0) is 47.2 Å². The maximum absolute atomic E-state index is 11.6. The van der Waals surface area contributed by atoms with E-state index in [4.69, 9.17) is 16.3 Å². The number of methoxy groups -OCH3 is 1. The van der Waals surface area contributed by atoms with Gasteiger partial charge in [0, 0.05) is 11.6 Å². The lowest BCUT2D eigenvalue weighted by atomic mass is 9.95. The average molecular weight is 264 g/mol. The van der Waals surface area contributed by atoms with Crippen LogP contribution in [-0.2, 0) is 16.0 Å². The van der Waals surface area contributed by atoms with Gasteiger partial charge in [0.05, 0.1) is 7.11 Å². The molecule has 0 amide bonds. The summed E-state index contributed by atoms with van der Waals surface area (Å²) < 4.78 is 4.80. The van der Waals surface area contributed by atoms with Gasteiger partial charge in [-0.3, -0.25) is 4.79 Å². The van der Waals surface area contributed by atoms with Crippen molar-refractivity contribution in [2.24, 2.45) is 0 Å². The summed E-state index contributed by atoms with van der Waals surface area (Å²) in [5, 5.41) is 3.97. The number of ether oxygens (including phenoxy) is 1. The molecule has 3 rings (SSSR count). The van der Waals surface area contributed by atoms with Crippen molar-refractivity contribution in [1.82, 2.24) is 5.32 Å². The van der Waals surface area contributed by atoms with Crippen molar-refractivity contribution in [3.8, 4) is 0 Å². The van der Waals surface area contributed by atoms with Crippen molar-refractivity contribution in [3.63, 3.8) is 0 Å². The molecule has 1 N–H and O–H groups in total. The van der Waals surface area contributed by atoms with Crippen molar-refractivity contribution in [2.45, 2.75) is 18.9 Å². The zero-order valence-corrected chi connectivity index (χ0v) is 10.9. The van der Waals surface area contributed by atoms with Crippen molar-refractivity contribution in [3.05, 3.63) is 39.9 Å². The Kier molecular flexibility index (Phi) is 2.88. The van der Waals surface area contributed by atoms with Crippen LogP contribution < -0.4 is 5.32 Å². The summed E-state index contributed by atoms with van der Waals surface area (Å²) in [5.41, 5.74) is 5.14. The summed E-state index contributed by atoms with van der Waals surface area (Å²) in [6, 6.07) is 5.75. The van der Waals surface area contributed by atoms with Gasteiger partial charge in [-0.1, -0.05) is 17.7 Å². The number of fused-ring (bicyclic) bond motifs is 2. The third-order valence-corrected chi connectivity index (χ3v) is 3.92. The number of carbonyl (C=O) groups excluding carboxylic acids is 1. The fraction of sp³-hybridized carbons (Fsp3) is 0.357. The van der Waals surface area contributed by atoms with Gasteiger partial charge in [0.15, 0.2) is 0 Å². The Labute approximate surface area is 111 Å². The minimum Gasteiger partial charge on any atom is -0.468 e. The number of nitrogens with one attached hydrogen (secondary N) is 1. The lowest BCUT2D eigenvalue weighted by Crippen LogP contribution is -2.41. The van der Waals surface area contributed by atoms with E-state index >= 15 is 0 Å². The van der Waals surface area contributed by atoms with E-state index in [1.54, 1.807) is 0 Å². The average Bonchev–Trinajstić information content (AvgIpc) is 2.75. The van der Waals surface area contributed by atoms with Gasteiger partial charge < -0.3 is 10.1 Å². The van der Waals surface area contributed by atoms with Crippen LogP contribution in [0.5, 0.6) is 0 Å². The van der Waals surface area contributed by atoms with Crippen LogP contribution in [0.2, 0.25) is 5.02 Å². The lowest BCUT2D eigenvalue weighted by Gasteiger charge is -2.23. The molecule has 1 aromatic carbocycles. The van der Waals surface area contributed by atoms with Crippen LogP contribution in [0.25, 0.3) is 5.57 Å². The minimum atomic E-state index is -0.237. The molecule has 18 heavy (non-hydrogen) atoms. The van der Waals surface area contributed by atoms with E-state index in [1.807, 2.05) is 12.1 Å². The molecule has 0 saturated heterocycles. The first kappa shape index (κ1) is 11.8. The molecule has 0 radical (unpaired) electrons. The van der Waals surface area contributed by atoms with E-state index in [0.717, 1.165) is 18.0 Å². The predicted molar refractivity (Wildman–Crippen MR) is 70.5 cm³/mol. The Morgan fingerprint density at radius 1 is 1.50 bits per heavy atom. The monoisotopic (exact) mass is 263 g/mol. The van der Waals surface area contributed by atoms with Crippen molar-refractivity contribution in [1.29, 1.82) is 0 Å². The predicted octanol–water partition coefficient (Wildman–Crippen LogP) is 2.18. The van der Waals surface area contributed by atoms with Crippen molar-refractivity contribution in [2.75, 3.05) is 13.7 Å². The van der Waals surface area contributed by atoms with Crippen molar-refractivity contribution >= 4 is 23.1 Å². The molecule has 1 heterocycles. The van der Waals surface area contributed by atoms with E-state index in [1.165, 1.54) is 29.4 Å². The van der Waals surface area contributed by atoms with E-state index in [2.05, 4.69) is 11.4 Å². The Morgan fingerprint density at radius 3 is 3.11 bits per heavy atom. The van der Waals surface area contributed by atoms with E-state index in [0.29, 0.717) is 6.42 Å². The van der Waals surface area contributed by atoms with E-state index in [9.17, 15) is 4.79 Å². The molecular formula is C14H14ClNO2. The van der Waals surface area contributed by atoms with Gasteiger partial charge >= 0.3 is 5.97 Å². The van der Waals surface area contributed by atoms with Gasteiger partial charge in [-0.2, -0.15) is 0 Å². The SMILES string of the molecule is COC(=O)C1CC2=C(CN1)Cc1ccc(Cl)cc12. The first-order valence-electron chi connectivity index (χ1n) is 6.00. The van der Waals surface area contributed by atoms with Gasteiger partial charge in [-0.15, -0.1) is 0 Å². The number of carbonyl (C=O) groups is 1. The Morgan fingerprint density at radius 2 is 2.33 bits per heavy atom. The van der Waals surface area contributed by atoms with Gasteiger partial charge in [0.25, 0.3) is 0 Å². The van der Waals surface area contributed by atoms with Crippen LogP contribution in [0.4, 0.5) is 0 Å². The molecule has 0 bridgehead atoms. The maximum Gasteiger partial charge on any atom is 0.323 e. The molecule has 0 spiro atoms. The van der Waals surface area contributed by atoms with Crippen LogP contribution in [0, 0.1) is 0 Å². The molecule has 0 aromatic heterocycles. The molecule has 1 aliphatic carbocycles. The molecule has 1 unspecified atom stereocenters. The summed E-state index contributed by atoms with van der Waals surface area (Å²) in [4.78, 5) is 11.6. The number of halogens is 1. The molecule has 1 atom stereocenters. The quantitative estimate of drug-likeness (QED) is 0.790. The normalized spacial score (nSPS) is 21.6. The van der Waals surface area contributed by atoms with Gasteiger partial charge in [0.1, 0.15) is 6.04 Å². The van der Waals surface area contributed by atoms with Crippen molar-refractivity contribution < 1.29 is 9.53 Å². The lowest BCUT2D eigenvalue weighted by molar-refractivity contribution is -0.143. The first-order valence-corrected chi connectivity index (χ1v) is 6.37. The number of rotatable bonds is 1. The highest BCUT2D eigenvalue weighted by Crippen LogP contribution is 2.38. The minimum absolute atomic E-state index is 0.197. The van der Waals surface area contributed by atoms with Crippen LogP contribution >= 0.6 is 11.6 Å². The zero-order valence-electron chi connectivity index (χ0n) is 10.1. The Hall–Kier alpha value is -1.32. The number of esters is 1. The zero-order chi connectivity index (χ0) is 12.7. The number of hydrogen-bond donors (Lipinski definition) is 1. The molecule has 3 nitrogen and oxygen atoms in total. The second-order valence-electron chi connectivity index (χ2n) is 4.72. The largest absolute Gasteiger partial charge is 0.468 e. The molecule has 4 heteroatoms. The highest BCUT2D eigenvalue weighted by atomic mass is 35.5. The third kappa shape index (κ3) is 1.84. The molecule has 0 saturated carbocycles. The van der Waals surface area contributed by atoms with Crippen LogP contribution in [0.3, 0.4) is 0 Å². The summed E-state index contributed by atoms with van der Waals surface area (Å²) in [7, 11) is 1.42. The van der Waals surface area contributed by atoms with Gasteiger partial charge in [-0.25, -0.2) is 0 Å². The summed E-state index contributed by atoms with van der Waals surface area (Å²) in [6.45, 7) is 0.751. The molecular weight excluding hydrogens is 250 g/mol. The second-order valence-corrected chi connectivity index (χ2v) is 5.16. The summed E-state index contributed by atoms with van der Waals surface area (Å²) >= 11 is 6.05. The Balaban J connectivity index is 1.93.